The number of H-pyrrole nitrogens is 1. The van der Waals surface area contributed by atoms with Gasteiger partial charge in [0.05, 0.1) is 10.8 Å². The Kier molecular flexibility index (Phi) is 3.04. The summed E-state index contributed by atoms with van der Waals surface area (Å²) in [5.41, 5.74) is 0.893. The predicted molar refractivity (Wildman–Crippen MR) is 73.2 cm³/mol. The maximum atomic E-state index is 12.1. The van der Waals surface area contributed by atoms with E-state index in [2.05, 4.69) is 30.7 Å². The van der Waals surface area contributed by atoms with Gasteiger partial charge in [-0.05, 0) is 23.3 Å². The minimum Gasteiger partial charge on any atom is -0.309 e. The van der Waals surface area contributed by atoms with Gasteiger partial charge in [0.1, 0.15) is 10.7 Å². The van der Waals surface area contributed by atoms with Crippen LogP contribution < -0.4 is 5.56 Å². The lowest BCUT2D eigenvalue weighted by Crippen LogP contribution is -2.17. The minimum atomic E-state index is -0.285. The number of nitrogens with one attached hydrogen (secondary N) is 1. The van der Waals surface area contributed by atoms with Crippen LogP contribution >= 0.6 is 22.9 Å². The van der Waals surface area contributed by atoms with Crippen LogP contribution in [0.4, 0.5) is 0 Å². The van der Waals surface area contributed by atoms with Crippen LogP contribution in [0.2, 0.25) is 0 Å². The van der Waals surface area contributed by atoms with Gasteiger partial charge in [-0.3, -0.25) is 4.79 Å². The maximum absolute atomic E-state index is 12.1. The molecule has 2 rings (SSSR count). The largest absolute Gasteiger partial charge is 0.309 e. The van der Waals surface area contributed by atoms with Crippen molar-refractivity contribution < 1.29 is 0 Å². The predicted octanol–water partition coefficient (Wildman–Crippen LogP) is 3.58. The highest BCUT2D eigenvalue weighted by Gasteiger charge is 2.22. The highest BCUT2D eigenvalue weighted by atomic mass is 35.5. The molecule has 2 aromatic rings. The molecule has 0 radical (unpaired) electrons. The van der Waals surface area contributed by atoms with Crippen LogP contribution in [-0.2, 0) is 5.41 Å². The second-order valence-corrected chi connectivity index (χ2v) is 6.66. The molecular formula is C12H15ClN2OS. The van der Waals surface area contributed by atoms with E-state index in [1.807, 2.05) is 5.38 Å². The molecular weight excluding hydrogens is 256 g/mol. The Morgan fingerprint density at radius 1 is 1.47 bits per heavy atom. The lowest BCUT2D eigenvalue weighted by atomic mass is 9.87. The Bertz CT molecular complexity index is 607. The number of alkyl halides is 1. The molecule has 5 heteroatoms. The third-order valence-electron chi connectivity index (χ3n) is 2.65. The number of aromatic amines is 1. The lowest BCUT2D eigenvalue weighted by Gasteiger charge is -2.17. The summed E-state index contributed by atoms with van der Waals surface area (Å²) in [6, 6.07) is 0. The Balaban J connectivity index is 2.76. The first kappa shape index (κ1) is 12.6. The number of fused-ring (bicyclic) bond motifs is 1. The molecule has 0 aliphatic rings. The molecule has 0 aliphatic carbocycles. The van der Waals surface area contributed by atoms with Gasteiger partial charge in [0.2, 0.25) is 0 Å². The fraction of sp³-hybridized carbons (Fsp3) is 0.500. The summed E-state index contributed by atoms with van der Waals surface area (Å²) >= 11 is 7.44. The van der Waals surface area contributed by atoms with Gasteiger partial charge in [-0.15, -0.1) is 22.9 Å². The summed E-state index contributed by atoms with van der Waals surface area (Å²) in [5, 5.41) is 2.42. The molecule has 1 N–H and O–H groups in total. The monoisotopic (exact) mass is 270 g/mol. The van der Waals surface area contributed by atoms with E-state index in [1.165, 1.54) is 11.3 Å². The molecule has 2 heterocycles. The van der Waals surface area contributed by atoms with Crippen LogP contribution in [0.15, 0.2) is 10.2 Å². The van der Waals surface area contributed by atoms with Gasteiger partial charge in [0.25, 0.3) is 5.56 Å². The second kappa shape index (κ2) is 4.10. The number of halogens is 1. The van der Waals surface area contributed by atoms with E-state index >= 15 is 0 Å². The Morgan fingerprint density at radius 3 is 2.65 bits per heavy atom. The molecule has 0 fully saturated rings. The molecule has 1 atom stereocenters. The highest BCUT2D eigenvalue weighted by molar-refractivity contribution is 7.16. The number of rotatable bonds is 1. The van der Waals surface area contributed by atoms with Gasteiger partial charge < -0.3 is 4.98 Å². The topological polar surface area (TPSA) is 45.8 Å². The van der Waals surface area contributed by atoms with Crippen molar-refractivity contribution in [2.75, 3.05) is 0 Å². The Morgan fingerprint density at radius 2 is 2.12 bits per heavy atom. The first-order valence-corrected chi connectivity index (χ1v) is 6.78. The zero-order valence-electron chi connectivity index (χ0n) is 10.3. The average molecular weight is 271 g/mol. The number of hydrogen-bond donors (Lipinski definition) is 1. The van der Waals surface area contributed by atoms with Crippen LogP contribution in [0.1, 0.15) is 44.5 Å². The third kappa shape index (κ3) is 2.24. The molecule has 0 aromatic carbocycles. The van der Waals surface area contributed by atoms with Crippen LogP contribution in [0.3, 0.4) is 0 Å². The molecule has 92 valence electrons. The van der Waals surface area contributed by atoms with Crippen molar-refractivity contribution in [1.82, 2.24) is 9.97 Å². The van der Waals surface area contributed by atoms with E-state index in [0.717, 1.165) is 10.4 Å². The van der Waals surface area contributed by atoms with Crippen molar-refractivity contribution in [3.8, 4) is 0 Å². The average Bonchev–Trinajstić information content (AvgIpc) is 2.60. The van der Waals surface area contributed by atoms with Gasteiger partial charge in [-0.25, -0.2) is 4.98 Å². The SMILES string of the molecule is CC(Cl)c1nc2scc(C(C)(C)C)c2c(=O)[nH]1. The third-order valence-corrected chi connectivity index (χ3v) is 3.73. The molecule has 0 spiro atoms. The van der Waals surface area contributed by atoms with Crippen LogP contribution in [0.25, 0.3) is 10.2 Å². The fourth-order valence-corrected chi connectivity index (χ4v) is 2.98. The first-order chi connectivity index (χ1) is 7.80. The van der Waals surface area contributed by atoms with Crippen molar-refractivity contribution in [1.29, 1.82) is 0 Å². The smallest absolute Gasteiger partial charge is 0.259 e. The highest BCUT2D eigenvalue weighted by Crippen LogP contribution is 2.32. The fourth-order valence-electron chi connectivity index (χ4n) is 1.71. The van der Waals surface area contributed by atoms with E-state index in [0.29, 0.717) is 11.2 Å². The molecule has 0 amide bonds. The zero-order valence-corrected chi connectivity index (χ0v) is 11.9. The number of thiophene rings is 1. The van der Waals surface area contributed by atoms with E-state index in [1.54, 1.807) is 6.92 Å². The van der Waals surface area contributed by atoms with Crippen molar-refractivity contribution in [3.05, 3.63) is 27.1 Å². The van der Waals surface area contributed by atoms with Gasteiger partial charge in [-0.2, -0.15) is 0 Å². The van der Waals surface area contributed by atoms with Crippen molar-refractivity contribution in [2.24, 2.45) is 0 Å². The summed E-state index contributed by atoms with van der Waals surface area (Å²) in [5.74, 6) is 0.534. The normalized spacial score (nSPS) is 14.2. The molecule has 0 aliphatic heterocycles. The molecule has 0 saturated carbocycles. The van der Waals surface area contributed by atoms with Crippen LogP contribution in [0.5, 0.6) is 0 Å². The van der Waals surface area contributed by atoms with E-state index in [9.17, 15) is 4.79 Å². The zero-order chi connectivity index (χ0) is 12.8. The van der Waals surface area contributed by atoms with E-state index < -0.39 is 0 Å². The Labute approximate surface area is 109 Å². The van der Waals surface area contributed by atoms with Crippen LogP contribution in [-0.4, -0.2) is 9.97 Å². The summed E-state index contributed by atoms with van der Waals surface area (Å²) in [6.07, 6.45) is 0. The molecule has 2 aromatic heterocycles. The minimum absolute atomic E-state index is 0.0545. The lowest BCUT2D eigenvalue weighted by molar-refractivity contribution is 0.597. The number of nitrogens with zero attached hydrogens (tertiary/aromatic N) is 1. The van der Waals surface area contributed by atoms with Gasteiger partial charge in [0.15, 0.2) is 0 Å². The van der Waals surface area contributed by atoms with Gasteiger partial charge in [-0.1, -0.05) is 20.8 Å². The molecule has 3 nitrogen and oxygen atoms in total. The molecule has 0 saturated heterocycles. The first-order valence-electron chi connectivity index (χ1n) is 5.46. The summed E-state index contributed by atoms with van der Waals surface area (Å²) in [6.45, 7) is 8.06. The van der Waals surface area contributed by atoms with Gasteiger partial charge >= 0.3 is 0 Å². The maximum Gasteiger partial charge on any atom is 0.259 e. The Hall–Kier alpha value is -0.870. The molecule has 0 bridgehead atoms. The van der Waals surface area contributed by atoms with Gasteiger partial charge in [0, 0.05) is 0 Å². The summed E-state index contributed by atoms with van der Waals surface area (Å²) in [4.78, 5) is 20.0. The van der Waals surface area contributed by atoms with E-state index in [4.69, 9.17) is 11.6 Å². The second-order valence-electron chi connectivity index (χ2n) is 5.15. The van der Waals surface area contributed by atoms with Crippen molar-refractivity contribution in [2.45, 2.75) is 38.5 Å². The number of hydrogen-bond acceptors (Lipinski definition) is 3. The van der Waals surface area contributed by atoms with Crippen molar-refractivity contribution >= 4 is 33.2 Å². The summed E-state index contributed by atoms with van der Waals surface area (Å²) in [7, 11) is 0. The molecule has 1 unspecified atom stereocenters. The van der Waals surface area contributed by atoms with Crippen molar-refractivity contribution in [3.63, 3.8) is 0 Å². The quantitative estimate of drug-likeness (QED) is 0.805. The standard InChI is InChI=1S/C12H15ClN2OS/c1-6(13)9-14-10(16)8-7(12(2,3)4)5-17-11(8)15-9/h5-6H,1-4H3,(H,14,15,16). The molecule has 17 heavy (non-hydrogen) atoms. The van der Waals surface area contributed by atoms with Crippen LogP contribution in [0, 0.1) is 0 Å². The van der Waals surface area contributed by atoms with E-state index in [-0.39, 0.29) is 16.4 Å². The summed E-state index contributed by atoms with van der Waals surface area (Å²) < 4.78 is 0. The number of aromatic nitrogens is 2.